The van der Waals surface area contributed by atoms with Gasteiger partial charge in [-0.25, -0.2) is 9.97 Å². The summed E-state index contributed by atoms with van der Waals surface area (Å²) in [5.41, 5.74) is 7.71. The van der Waals surface area contributed by atoms with E-state index >= 15 is 0 Å². The largest absolute Gasteiger partial charge is 0.469 e. The van der Waals surface area contributed by atoms with E-state index in [0.29, 0.717) is 11.5 Å². The number of aromatic nitrogens is 2. The Morgan fingerprint density at radius 3 is 2.59 bits per heavy atom. The summed E-state index contributed by atoms with van der Waals surface area (Å²) >= 11 is 0. The maximum atomic E-state index is 13.9. The monoisotopic (exact) mass is 626 g/mol. The molecule has 13 heteroatoms. The fourth-order valence-electron chi connectivity index (χ4n) is 6.50. The number of hydrogen-bond donors (Lipinski definition) is 5. The molecule has 4 aromatic rings. The minimum atomic E-state index is -1.29. The Labute approximate surface area is 263 Å². The number of nitrogens with two attached hydrogens (primary N) is 1. The molecule has 1 spiro atoms. The van der Waals surface area contributed by atoms with Gasteiger partial charge in [0.1, 0.15) is 35.6 Å². The molecule has 4 bridgehead atoms. The molecule has 2 aromatic heterocycles. The summed E-state index contributed by atoms with van der Waals surface area (Å²) < 4.78 is 19.0. The highest BCUT2D eigenvalue weighted by atomic mass is 16.5. The first-order valence-corrected chi connectivity index (χ1v) is 15.2. The molecule has 46 heavy (non-hydrogen) atoms. The lowest BCUT2D eigenvalue weighted by Gasteiger charge is -2.29. The fraction of sp³-hybridized carbons (Fsp3) is 0.364. The molecule has 0 fully saturated rings. The summed E-state index contributed by atoms with van der Waals surface area (Å²) in [5, 5.41) is 19.7. The molecule has 0 radical (unpaired) electrons. The molecular weight excluding hydrogens is 592 g/mol. The Hall–Kier alpha value is -5.17. The van der Waals surface area contributed by atoms with E-state index in [4.69, 9.17) is 24.3 Å². The van der Waals surface area contributed by atoms with E-state index in [1.807, 2.05) is 56.3 Å². The number of primary amides is 1. The highest BCUT2D eigenvalue weighted by molar-refractivity contribution is 5.91. The number of aliphatic hydroxyl groups excluding tert-OH is 1. The van der Waals surface area contributed by atoms with Crippen LogP contribution in [0.25, 0.3) is 11.6 Å². The van der Waals surface area contributed by atoms with Crippen molar-refractivity contribution in [2.24, 2.45) is 17.6 Å². The lowest BCUT2D eigenvalue weighted by Crippen LogP contribution is -2.52. The van der Waals surface area contributed by atoms with Crippen molar-refractivity contribution in [1.29, 1.82) is 0 Å². The van der Waals surface area contributed by atoms with Crippen molar-refractivity contribution in [2.75, 3.05) is 5.32 Å². The molecule has 3 amide bonds. The summed E-state index contributed by atoms with van der Waals surface area (Å²) in [6, 6.07) is 11.6. The quantitative estimate of drug-likeness (QED) is 0.212. The van der Waals surface area contributed by atoms with E-state index in [1.54, 1.807) is 13.8 Å². The van der Waals surface area contributed by atoms with Gasteiger partial charge >= 0.3 is 0 Å². The van der Waals surface area contributed by atoms with Crippen LogP contribution in [0.2, 0.25) is 0 Å². The van der Waals surface area contributed by atoms with Crippen LogP contribution in [0.4, 0.5) is 5.69 Å². The number of rotatable bonds is 6. The van der Waals surface area contributed by atoms with Crippen molar-refractivity contribution < 1.29 is 33.1 Å². The average molecular weight is 627 g/mol. The molecule has 13 nitrogen and oxygen atoms in total. The third kappa shape index (κ3) is 4.44. The predicted molar refractivity (Wildman–Crippen MR) is 164 cm³/mol. The van der Waals surface area contributed by atoms with Crippen molar-refractivity contribution >= 4 is 23.4 Å². The van der Waals surface area contributed by atoms with Gasteiger partial charge in [0.2, 0.25) is 23.6 Å². The lowest BCUT2D eigenvalue weighted by atomic mass is 9.72. The van der Waals surface area contributed by atoms with Crippen molar-refractivity contribution in [3.8, 4) is 17.3 Å². The van der Waals surface area contributed by atoms with Crippen LogP contribution >= 0.6 is 0 Å². The Balaban J connectivity index is 1.48. The van der Waals surface area contributed by atoms with Gasteiger partial charge in [0.25, 0.3) is 5.91 Å². The van der Waals surface area contributed by atoms with Gasteiger partial charge in [0.15, 0.2) is 23.4 Å². The van der Waals surface area contributed by atoms with Crippen LogP contribution in [-0.4, -0.2) is 51.2 Å². The van der Waals surface area contributed by atoms with Gasteiger partial charge in [0, 0.05) is 17.7 Å². The summed E-state index contributed by atoms with van der Waals surface area (Å²) in [6.45, 7) is 7.25. The maximum Gasteiger partial charge on any atom is 0.270 e. The number of carbonyl (C=O) groups is 3. The summed E-state index contributed by atoms with van der Waals surface area (Å²) in [4.78, 5) is 48.1. The molecule has 0 saturated heterocycles. The van der Waals surface area contributed by atoms with Crippen LogP contribution in [0.3, 0.4) is 0 Å². The first kappa shape index (κ1) is 29.5. The normalized spacial score (nSPS) is 23.4. The summed E-state index contributed by atoms with van der Waals surface area (Å²) in [7, 11) is 0. The van der Waals surface area contributed by atoms with Gasteiger partial charge in [-0.1, -0.05) is 58.0 Å². The van der Waals surface area contributed by atoms with Crippen LogP contribution in [0.5, 0.6) is 5.75 Å². The zero-order chi connectivity index (χ0) is 32.5. The minimum absolute atomic E-state index is 0.0115. The second-order valence-corrected chi connectivity index (χ2v) is 12.6. The SMILES string of the molecule is CC(C)[C@H](O)C(=O)N[C@H]1Cc2ccc3c(c2)C2(c4ccccc4NC2O3)c2oc(nc2-c2nc(C(N)=O)co2)[C@H](C(C)C)NC1=O. The van der Waals surface area contributed by atoms with Crippen LogP contribution < -0.4 is 26.4 Å². The molecule has 5 atom stereocenters. The maximum absolute atomic E-state index is 13.9. The van der Waals surface area contributed by atoms with Crippen molar-refractivity contribution in [1.82, 2.24) is 20.6 Å². The number of anilines is 1. The molecule has 6 N–H and O–H groups in total. The van der Waals surface area contributed by atoms with Crippen LogP contribution in [0.15, 0.2) is 57.6 Å². The summed E-state index contributed by atoms with van der Waals surface area (Å²) in [6.07, 6.45) is -0.654. The van der Waals surface area contributed by atoms with Gasteiger partial charge in [-0.05, 0) is 35.1 Å². The van der Waals surface area contributed by atoms with Crippen molar-refractivity contribution in [2.45, 2.75) is 63.9 Å². The van der Waals surface area contributed by atoms with E-state index in [2.05, 4.69) is 20.9 Å². The number of nitrogens with one attached hydrogen (secondary N) is 3. The first-order chi connectivity index (χ1) is 22.0. The molecule has 2 aromatic carbocycles. The summed E-state index contributed by atoms with van der Waals surface area (Å²) in [5.74, 6) is -1.34. The molecule has 7 rings (SSSR count). The minimum Gasteiger partial charge on any atom is -0.469 e. The Kier molecular flexibility index (Phi) is 6.89. The molecule has 3 aliphatic rings. The second kappa shape index (κ2) is 10.7. The molecule has 0 aliphatic carbocycles. The van der Waals surface area contributed by atoms with Gasteiger partial charge in [-0.2, -0.15) is 0 Å². The second-order valence-electron chi connectivity index (χ2n) is 12.6. The van der Waals surface area contributed by atoms with Gasteiger partial charge < -0.3 is 40.4 Å². The van der Waals surface area contributed by atoms with E-state index in [0.717, 1.165) is 28.6 Å². The highest BCUT2D eigenvalue weighted by Crippen LogP contribution is 2.59. The van der Waals surface area contributed by atoms with Gasteiger partial charge in [-0.15, -0.1) is 0 Å². The lowest BCUT2D eigenvalue weighted by molar-refractivity contribution is -0.135. The number of hydrogen-bond acceptors (Lipinski definition) is 10. The first-order valence-electron chi connectivity index (χ1n) is 15.2. The molecule has 5 heterocycles. The number of nitrogens with zero attached hydrogens (tertiary/aromatic N) is 2. The van der Waals surface area contributed by atoms with E-state index in [1.165, 1.54) is 0 Å². The predicted octanol–water partition coefficient (Wildman–Crippen LogP) is 2.78. The van der Waals surface area contributed by atoms with Crippen LogP contribution in [-0.2, 0) is 21.4 Å². The third-order valence-corrected chi connectivity index (χ3v) is 8.91. The van der Waals surface area contributed by atoms with Crippen LogP contribution in [0.1, 0.15) is 72.6 Å². The molecule has 238 valence electrons. The average Bonchev–Trinajstić information content (AvgIpc) is 3.79. The molecule has 2 unspecified atom stereocenters. The Morgan fingerprint density at radius 1 is 1.09 bits per heavy atom. The Morgan fingerprint density at radius 2 is 1.87 bits per heavy atom. The van der Waals surface area contributed by atoms with Crippen molar-refractivity contribution in [3.05, 3.63) is 82.8 Å². The topological polar surface area (TPSA) is 195 Å². The number of amides is 3. The standard InChI is InChI=1S/C33H34N6O7/c1-14(2)23-31-39-24(30-36-21(13-44-30)27(34)41)26(46-31)33-17-7-5-6-8-19(17)37-32(33)45-22-10-9-16(11-18(22)33)12-20(28(42)38-23)35-29(43)25(40)15(3)4/h5-11,13-15,20,23,25,32,37,40H,12H2,1-4H3,(H2,34,41)(H,35,43)(H,38,42)/t20-,23-,25-,32?,33?/m0/s1. The number of ether oxygens (including phenoxy) is 1. The number of oxazole rings is 2. The zero-order valence-corrected chi connectivity index (χ0v) is 25.7. The van der Waals surface area contributed by atoms with Gasteiger partial charge in [0.05, 0.1) is 0 Å². The third-order valence-electron chi connectivity index (χ3n) is 8.91. The van der Waals surface area contributed by atoms with E-state index in [9.17, 15) is 19.5 Å². The van der Waals surface area contributed by atoms with E-state index < -0.39 is 47.6 Å². The Bertz CT molecular complexity index is 1880. The molecule has 0 saturated carbocycles. The number of carbonyl (C=O) groups excluding carboxylic acids is 3. The molecule has 3 aliphatic heterocycles. The number of fused-ring (bicyclic) bond motifs is 4. The van der Waals surface area contributed by atoms with Crippen LogP contribution in [0, 0.1) is 11.8 Å². The zero-order valence-electron chi connectivity index (χ0n) is 25.7. The highest BCUT2D eigenvalue weighted by Gasteiger charge is 2.61. The number of benzene rings is 2. The van der Waals surface area contributed by atoms with E-state index in [-0.39, 0.29) is 41.4 Å². The van der Waals surface area contributed by atoms with Crippen molar-refractivity contribution in [3.63, 3.8) is 0 Å². The fourth-order valence-corrected chi connectivity index (χ4v) is 6.50. The number of aliphatic hydroxyl groups is 1. The smallest absolute Gasteiger partial charge is 0.270 e. The van der Waals surface area contributed by atoms with Gasteiger partial charge in [-0.3, -0.25) is 14.4 Å². The number of para-hydroxylation sites is 1. The molecular formula is C33H34N6O7.